The van der Waals surface area contributed by atoms with Gasteiger partial charge in [0.1, 0.15) is 11.4 Å². The molecule has 96 valence electrons. The molecule has 0 N–H and O–H groups in total. The summed E-state index contributed by atoms with van der Waals surface area (Å²) in [4.78, 5) is 35.9. The van der Waals surface area contributed by atoms with Crippen LogP contribution in [0, 0.1) is 0 Å². The van der Waals surface area contributed by atoms with E-state index < -0.39 is 23.3 Å². The van der Waals surface area contributed by atoms with Crippen molar-refractivity contribution in [2.24, 2.45) is 0 Å². The molecule has 17 heavy (non-hydrogen) atoms. The smallest absolute Gasteiger partial charge is 0.329 e. The first-order chi connectivity index (χ1) is 7.99. The average Bonchev–Trinajstić information content (AvgIpc) is 2.66. The molecule has 5 nitrogen and oxygen atoms in total. The molecule has 0 radical (unpaired) electrons. The van der Waals surface area contributed by atoms with Gasteiger partial charge in [0.25, 0.3) is 0 Å². The number of halogens is 1. The first kappa shape index (κ1) is 14.0. The summed E-state index contributed by atoms with van der Waals surface area (Å²) in [5.74, 6) is -1.42. The van der Waals surface area contributed by atoms with Gasteiger partial charge in [0.2, 0.25) is 11.8 Å². The first-order valence-electron chi connectivity index (χ1n) is 5.65. The highest BCUT2D eigenvalue weighted by molar-refractivity contribution is 6.31. The van der Waals surface area contributed by atoms with Gasteiger partial charge in [-0.05, 0) is 19.8 Å². The Balaban J connectivity index is 2.74. The molecule has 2 amide bonds. The molecular weight excluding hydrogens is 246 g/mol. The molecule has 1 rings (SSSR count). The van der Waals surface area contributed by atoms with Crippen LogP contribution in [0.3, 0.4) is 0 Å². The number of amides is 2. The number of nitrogens with zero attached hydrogens (tertiary/aromatic N) is 1. The number of likely N-dealkylation sites (tertiary alicyclic amines) is 1. The van der Waals surface area contributed by atoms with Gasteiger partial charge in [-0.15, -0.1) is 11.6 Å². The molecule has 1 aliphatic rings. The summed E-state index contributed by atoms with van der Waals surface area (Å²) in [5, 5.41) is -0.821. The van der Waals surface area contributed by atoms with Crippen molar-refractivity contribution in [3.63, 3.8) is 0 Å². The molecule has 0 aromatic carbocycles. The minimum absolute atomic E-state index is 0.182. The quantitative estimate of drug-likeness (QED) is 0.561. The largest absolute Gasteiger partial charge is 0.464 e. The second-order valence-electron chi connectivity index (χ2n) is 3.94. The number of carbonyl (C=O) groups is 3. The normalized spacial score (nSPS) is 21.5. The molecule has 0 unspecified atom stereocenters. The summed E-state index contributed by atoms with van der Waals surface area (Å²) >= 11 is 5.65. The molecule has 0 aromatic rings. The summed E-state index contributed by atoms with van der Waals surface area (Å²) in [6, 6.07) is -0.803. The molecule has 0 aromatic heterocycles. The molecule has 6 heteroatoms. The summed E-state index contributed by atoms with van der Waals surface area (Å²) in [7, 11) is 0. The lowest BCUT2D eigenvalue weighted by atomic mass is 10.2. The zero-order valence-corrected chi connectivity index (χ0v) is 10.7. The summed E-state index contributed by atoms with van der Waals surface area (Å²) in [5.41, 5.74) is 0. The standard InChI is InChI=1S/C11H16ClNO4/c1-3-6-17-11(16)8-4-5-9(14)13(8)10(15)7(2)12/h7-8H,3-6H2,1-2H3/t7-,8+/m0/s1. The fourth-order valence-corrected chi connectivity index (χ4v) is 1.78. The molecule has 1 fully saturated rings. The van der Waals surface area contributed by atoms with Gasteiger partial charge >= 0.3 is 5.97 Å². The lowest BCUT2D eigenvalue weighted by molar-refractivity contribution is -0.157. The van der Waals surface area contributed by atoms with Gasteiger partial charge in [0, 0.05) is 6.42 Å². The second kappa shape index (κ2) is 6.00. The number of imide groups is 1. The van der Waals surface area contributed by atoms with Gasteiger partial charge in [-0.2, -0.15) is 0 Å². The highest BCUT2D eigenvalue weighted by Gasteiger charge is 2.42. The van der Waals surface area contributed by atoms with Crippen molar-refractivity contribution < 1.29 is 19.1 Å². The third-order valence-corrected chi connectivity index (χ3v) is 2.70. The van der Waals surface area contributed by atoms with Crippen LogP contribution in [0.1, 0.15) is 33.1 Å². The summed E-state index contributed by atoms with van der Waals surface area (Å²) in [6.07, 6.45) is 1.20. The van der Waals surface area contributed by atoms with E-state index in [1.54, 1.807) is 0 Å². The predicted molar refractivity (Wildman–Crippen MR) is 61.4 cm³/mol. The van der Waals surface area contributed by atoms with E-state index in [4.69, 9.17) is 16.3 Å². The van der Waals surface area contributed by atoms with E-state index >= 15 is 0 Å². The number of hydrogen-bond donors (Lipinski definition) is 0. The van der Waals surface area contributed by atoms with Crippen molar-refractivity contribution in [3.8, 4) is 0 Å². The van der Waals surface area contributed by atoms with Crippen LogP contribution < -0.4 is 0 Å². The maximum atomic E-state index is 11.7. The molecule has 1 heterocycles. The Labute approximate surface area is 105 Å². The Morgan fingerprint density at radius 2 is 2.24 bits per heavy atom. The number of esters is 1. The zero-order chi connectivity index (χ0) is 13.0. The number of alkyl halides is 1. The fraction of sp³-hybridized carbons (Fsp3) is 0.727. The summed E-state index contributed by atoms with van der Waals surface area (Å²) in [6.45, 7) is 3.64. The van der Waals surface area contributed by atoms with Crippen LogP contribution in [-0.2, 0) is 19.1 Å². The van der Waals surface area contributed by atoms with E-state index in [9.17, 15) is 14.4 Å². The summed E-state index contributed by atoms with van der Waals surface area (Å²) < 4.78 is 4.96. The second-order valence-corrected chi connectivity index (χ2v) is 4.59. The van der Waals surface area contributed by atoms with Gasteiger partial charge in [-0.3, -0.25) is 14.5 Å². The third kappa shape index (κ3) is 3.19. The monoisotopic (exact) mass is 261 g/mol. The van der Waals surface area contributed by atoms with Crippen LogP contribution in [0.25, 0.3) is 0 Å². The number of carbonyl (C=O) groups excluding carboxylic acids is 3. The van der Waals surface area contributed by atoms with Crippen LogP contribution in [0.15, 0.2) is 0 Å². The Kier molecular flexibility index (Phi) is 4.93. The maximum absolute atomic E-state index is 11.7. The average molecular weight is 262 g/mol. The molecule has 1 saturated heterocycles. The molecule has 0 saturated carbocycles. The first-order valence-corrected chi connectivity index (χ1v) is 6.09. The van der Waals surface area contributed by atoms with Crippen LogP contribution in [0.2, 0.25) is 0 Å². The van der Waals surface area contributed by atoms with Gasteiger partial charge in [-0.25, -0.2) is 4.79 Å². The lowest BCUT2D eigenvalue weighted by Gasteiger charge is -2.22. The van der Waals surface area contributed by atoms with Crippen molar-refractivity contribution in [2.45, 2.75) is 44.5 Å². The highest BCUT2D eigenvalue weighted by atomic mass is 35.5. The Morgan fingerprint density at radius 1 is 1.59 bits per heavy atom. The molecule has 0 aliphatic carbocycles. The van der Waals surface area contributed by atoms with E-state index in [0.717, 1.165) is 4.90 Å². The predicted octanol–water partition coefficient (Wildman–Crippen LogP) is 1.08. The van der Waals surface area contributed by atoms with Crippen LogP contribution >= 0.6 is 11.6 Å². The van der Waals surface area contributed by atoms with E-state index in [1.807, 2.05) is 6.92 Å². The maximum Gasteiger partial charge on any atom is 0.329 e. The zero-order valence-electron chi connectivity index (χ0n) is 9.94. The van der Waals surface area contributed by atoms with E-state index in [-0.39, 0.29) is 12.3 Å². The fourth-order valence-electron chi connectivity index (χ4n) is 1.67. The number of hydrogen-bond acceptors (Lipinski definition) is 4. The molecule has 0 spiro atoms. The number of ether oxygens (including phenoxy) is 1. The van der Waals surface area contributed by atoms with Crippen molar-refractivity contribution in [3.05, 3.63) is 0 Å². The lowest BCUT2D eigenvalue weighted by Crippen LogP contribution is -2.46. The molecule has 0 bridgehead atoms. The van der Waals surface area contributed by atoms with Crippen LogP contribution in [-0.4, -0.2) is 40.7 Å². The van der Waals surface area contributed by atoms with E-state index in [2.05, 4.69) is 0 Å². The van der Waals surface area contributed by atoms with Crippen LogP contribution in [0.4, 0.5) is 0 Å². The Bertz CT molecular complexity index is 329. The molecule has 2 atom stereocenters. The third-order valence-electron chi connectivity index (χ3n) is 2.51. The highest BCUT2D eigenvalue weighted by Crippen LogP contribution is 2.22. The van der Waals surface area contributed by atoms with Crippen LogP contribution in [0.5, 0.6) is 0 Å². The SMILES string of the molecule is CCCOC(=O)[C@H]1CCC(=O)N1C(=O)[C@H](C)Cl. The molecule has 1 aliphatic heterocycles. The topological polar surface area (TPSA) is 63.7 Å². The van der Waals surface area contributed by atoms with Gasteiger partial charge in [0.05, 0.1) is 6.61 Å². The van der Waals surface area contributed by atoms with Gasteiger partial charge in [-0.1, -0.05) is 6.92 Å². The molecular formula is C11H16ClNO4. The van der Waals surface area contributed by atoms with Crippen molar-refractivity contribution >= 4 is 29.4 Å². The minimum atomic E-state index is -0.821. The van der Waals surface area contributed by atoms with Crippen molar-refractivity contribution in [2.75, 3.05) is 6.61 Å². The minimum Gasteiger partial charge on any atom is -0.464 e. The van der Waals surface area contributed by atoms with Crippen molar-refractivity contribution in [1.29, 1.82) is 0 Å². The van der Waals surface area contributed by atoms with E-state index in [1.165, 1.54) is 6.92 Å². The van der Waals surface area contributed by atoms with Gasteiger partial charge in [0.15, 0.2) is 0 Å². The number of rotatable bonds is 4. The van der Waals surface area contributed by atoms with Gasteiger partial charge < -0.3 is 4.74 Å². The Hall–Kier alpha value is -1.10. The Morgan fingerprint density at radius 3 is 2.76 bits per heavy atom. The van der Waals surface area contributed by atoms with E-state index in [0.29, 0.717) is 19.4 Å². The van der Waals surface area contributed by atoms with Crippen molar-refractivity contribution in [1.82, 2.24) is 4.90 Å².